The van der Waals surface area contributed by atoms with E-state index in [2.05, 4.69) is 10.4 Å². The molecule has 1 N–H and O–H groups in total. The van der Waals surface area contributed by atoms with Gasteiger partial charge in [0.05, 0.1) is 22.4 Å². The second-order valence-corrected chi connectivity index (χ2v) is 7.62. The molecule has 3 aromatic rings. The second kappa shape index (κ2) is 6.78. The first-order valence-electron chi connectivity index (χ1n) is 8.27. The lowest BCUT2D eigenvalue weighted by molar-refractivity contribution is 0.0861. The lowest BCUT2D eigenvalue weighted by Crippen LogP contribution is -2.31. The van der Waals surface area contributed by atoms with E-state index in [9.17, 15) is 4.79 Å². The normalized spacial score (nSPS) is 17.3. The highest BCUT2D eigenvalue weighted by atomic mass is 35.5. The molecule has 25 heavy (non-hydrogen) atoms. The highest BCUT2D eigenvalue weighted by molar-refractivity contribution is 7.20. The van der Waals surface area contributed by atoms with E-state index in [0.29, 0.717) is 16.4 Å². The van der Waals surface area contributed by atoms with E-state index in [4.69, 9.17) is 16.3 Å². The van der Waals surface area contributed by atoms with Gasteiger partial charge in [-0.1, -0.05) is 17.7 Å². The van der Waals surface area contributed by atoms with E-state index < -0.39 is 0 Å². The van der Waals surface area contributed by atoms with E-state index in [-0.39, 0.29) is 12.0 Å². The monoisotopic (exact) mass is 375 g/mol. The number of thiophene rings is 1. The molecule has 4 rings (SSSR count). The summed E-state index contributed by atoms with van der Waals surface area (Å²) >= 11 is 7.54. The Bertz CT molecular complexity index is 928. The zero-order valence-electron chi connectivity index (χ0n) is 13.8. The molecule has 1 amide bonds. The van der Waals surface area contributed by atoms with E-state index in [1.54, 1.807) is 0 Å². The summed E-state index contributed by atoms with van der Waals surface area (Å²) < 4.78 is 7.40. The molecule has 0 aliphatic carbocycles. The Morgan fingerprint density at radius 2 is 2.36 bits per heavy atom. The van der Waals surface area contributed by atoms with E-state index in [0.717, 1.165) is 41.0 Å². The van der Waals surface area contributed by atoms with Crippen molar-refractivity contribution < 1.29 is 9.53 Å². The van der Waals surface area contributed by atoms with Crippen LogP contribution in [0, 0.1) is 6.92 Å². The number of carbonyl (C=O) groups excluding carboxylic acids is 1. The van der Waals surface area contributed by atoms with Gasteiger partial charge >= 0.3 is 0 Å². The van der Waals surface area contributed by atoms with Crippen LogP contribution >= 0.6 is 22.9 Å². The summed E-state index contributed by atoms with van der Waals surface area (Å²) in [5.74, 6) is -0.0613. The molecule has 0 saturated carbocycles. The van der Waals surface area contributed by atoms with Gasteiger partial charge in [-0.2, -0.15) is 5.10 Å². The molecule has 1 fully saturated rings. The molecular weight excluding hydrogens is 358 g/mol. The largest absolute Gasteiger partial charge is 0.376 e. The lowest BCUT2D eigenvalue weighted by atomic mass is 10.2. The Labute approximate surface area is 154 Å². The highest BCUT2D eigenvalue weighted by Crippen LogP contribution is 2.31. The van der Waals surface area contributed by atoms with Crippen LogP contribution < -0.4 is 5.32 Å². The first kappa shape index (κ1) is 16.6. The fourth-order valence-corrected chi connectivity index (χ4v) is 4.32. The number of hydrogen-bond acceptors (Lipinski definition) is 4. The Balaban J connectivity index is 1.61. The zero-order chi connectivity index (χ0) is 17.4. The number of nitrogens with one attached hydrogen (secondary N) is 1. The van der Waals surface area contributed by atoms with Crippen LogP contribution in [0.25, 0.3) is 15.9 Å². The molecular formula is C18H18ClN3O2S. The quantitative estimate of drug-likeness (QED) is 0.751. The predicted molar refractivity (Wildman–Crippen MR) is 100 cm³/mol. The summed E-state index contributed by atoms with van der Waals surface area (Å²) in [6.07, 6.45) is 2.22. The summed E-state index contributed by atoms with van der Waals surface area (Å²) in [4.78, 5) is 14.1. The number of fused-ring (bicyclic) bond motifs is 1. The van der Waals surface area contributed by atoms with Gasteiger partial charge in [-0.05, 0) is 44.0 Å². The molecule has 1 aliphatic heterocycles. The molecule has 1 atom stereocenters. The summed E-state index contributed by atoms with van der Waals surface area (Å²) in [6.45, 7) is 3.30. The van der Waals surface area contributed by atoms with Crippen molar-refractivity contribution >= 4 is 39.1 Å². The topological polar surface area (TPSA) is 56.2 Å². The van der Waals surface area contributed by atoms with Crippen LogP contribution in [0.5, 0.6) is 0 Å². The molecule has 1 unspecified atom stereocenters. The van der Waals surface area contributed by atoms with Crippen LogP contribution in [-0.2, 0) is 4.74 Å². The molecule has 130 valence electrons. The van der Waals surface area contributed by atoms with Gasteiger partial charge in [-0.15, -0.1) is 11.3 Å². The van der Waals surface area contributed by atoms with Gasteiger partial charge in [0.15, 0.2) is 0 Å². The summed E-state index contributed by atoms with van der Waals surface area (Å²) in [7, 11) is 0. The third kappa shape index (κ3) is 3.29. The number of aryl methyl sites for hydroxylation is 1. The number of benzene rings is 1. The number of amides is 1. The minimum absolute atomic E-state index is 0.0613. The standard InChI is InChI=1S/C18H18ClN3O2S/c1-11-15-9-16(17(23)20-10-14-6-3-7-24-14)25-18(15)22(21-11)13-5-2-4-12(19)8-13/h2,4-5,8-9,14H,3,6-7,10H2,1H3,(H,20,23). The number of ether oxygens (including phenoxy) is 1. The van der Waals surface area contributed by atoms with Crippen LogP contribution in [0.4, 0.5) is 0 Å². The molecule has 7 heteroatoms. The smallest absolute Gasteiger partial charge is 0.261 e. The first-order chi connectivity index (χ1) is 12.1. The molecule has 1 aromatic carbocycles. The first-order valence-corrected chi connectivity index (χ1v) is 9.46. The fraction of sp³-hybridized carbons (Fsp3) is 0.333. The van der Waals surface area contributed by atoms with Gasteiger partial charge in [-0.25, -0.2) is 4.68 Å². The van der Waals surface area contributed by atoms with Crippen molar-refractivity contribution in [1.82, 2.24) is 15.1 Å². The minimum atomic E-state index is -0.0613. The molecule has 1 saturated heterocycles. The van der Waals surface area contributed by atoms with Gasteiger partial charge in [0.1, 0.15) is 4.83 Å². The van der Waals surface area contributed by atoms with Crippen LogP contribution in [0.3, 0.4) is 0 Å². The maximum atomic E-state index is 12.5. The Morgan fingerprint density at radius 1 is 1.48 bits per heavy atom. The molecule has 0 spiro atoms. The molecule has 0 radical (unpaired) electrons. The fourth-order valence-electron chi connectivity index (χ4n) is 3.04. The van der Waals surface area contributed by atoms with Crippen molar-refractivity contribution in [3.8, 4) is 5.69 Å². The Kier molecular flexibility index (Phi) is 4.50. The molecule has 2 aromatic heterocycles. The highest BCUT2D eigenvalue weighted by Gasteiger charge is 2.20. The van der Waals surface area contributed by atoms with E-state index in [1.807, 2.05) is 41.9 Å². The van der Waals surface area contributed by atoms with Crippen LogP contribution in [0.2, 0.25) is 5.02 Å². The van der Waals surface area contributed by atoms with E-state index in [1.165, 1.54) is 11.3 Å². The summed E-state index contributed by atoms with van der Waals surface area (Å²) in [6, 6.07) is 9.45. The summed E-state index contributed by atoms with van der Waals surface area (Å²) in [5.41, 5.74) is 1.78. The van der Waals surface area contributed by atoms with Gasteiger partial charge in [-0.3, -0.25) is 4.79 Å². The van der Waals surface area contributed by atoms with Crippen LogP contribution in [0.1, 0.15) is 28.2 Å². The number of rotatable bonds is 4. The van der Waals surface area contributed by atoms with Gasteiger partial charge in [0, 0.05) is 23.6 Å². The van der Waals surface area contributed by atoms with Gasteiger partial charge < -0.3 is 10.1 Å². The van der Waals surface area contributed by atoms with Crippen LogP contribution in [0.15, 0.2) is 30.3 Å². The third-order valence-corrected chi connectivity index (χ3v) is 5.68. The number of carbonyl (C=O) groups is 1. The SMILES string of the molecule is Cc1nn(-c2cccc(Cl)c2)c2sc(C(=O)NCC3CCCO3)cc12. The predicted octanol–water partition coefficient (Wildman–Crippen LogP) is 3.96. The van der Waals surface area contributed by atoms with Gasteiger partial charge in [0.2, 0.25) is 0 Å². The maximum absolute atomic E-state index is 12.5. The number of halogens is 1. The van der Waals surface area contributed by atoms with Crippen molar-refractivity contribution in [3.63, 3.8) is 0 Å². The zero-order valence-corrected chi connectivity index (χ0v) is 15.4. The second-order valence-electron chi connectivity index (χ2n) is 6.15. The lowest BCUT2D eigenvalue weighted by Gasteiger charge is -2.09. The van der Waals surface area contributed by atoms with Gasteiger partial charge in [0.25, 0.3) is 5.91 Å². The summed E-state index contributed by atoms with van der Waals surface area (Å²) in [5, 5.41) is 9.21. The molecule has 3 heterocycles. The average Bonchev–Trinajstić information content (AvgIpc) is 3.31. The average molecular weight is 376 g/mol. The third-order valence-electron chi connectivity index (χ3n) is 4.34. The number of nitrogens with zero attached hydrogens (tertiary/aromatic N) is 2. The van der Waals surface area contributed by atoms with Crippen molar-refractivity contribution in [1.29, 1.82) is 0 Å². The van der Waals surface area contributed by atoms with Crippen molar-refractivity contribution in [3.05, 3.63) is 45.9 Å². The maximum Gasteiger partial charge on any atom is 0.261 e. The van der Waals surface area contributed by atoms with Crippen molar-refractivity contribution in [2.75, 3.05) is 13.2 Å². The van der Waals surface area contributed by atoms with E-state index >= 15 is 0 Å². The Hall–Kier alpha value is -1.89. The molecule has 5 nitrogen and oxygen atoms in total. The number of hydrogen-bond donors (Lipinski definition) is 1. The Morgan fingerprint density at radius 3 is 3.12 bits per heavy atom. The van der Waals surface area contributed by atoms with Crippen molar-refractivity contribution in [2.24, 2.45) is 0 Å². The number of aromatic nitrogens is 2. The van der Waals surface area contributed by atoms with Crippen molar-refractivity contribution in [2.45, 2.75) is 25.9 Å². The molecule has 1 aliphatic rings. The molecule has 0 bridgehead atoms. The minimum Gasteiger partial charge on any atom is -0.376 e. The van der Waals surface area contributed by atoms with Crippen LogP contribution in [-0.4, -0.2) is 34.9 Å².